The topological polar surface area (TPSA) is 95.6 Å². The first-order valence-corrected chi connectivity index (χ1v) is 11.3. The van der Waals surface area contributed by atoms with E-state index in [0.29, 0.717) is 11.3 Å². The molecule has 30 heavy (non-hydrogen) atoms. The number of unbranched alkanes of at least 4 members (excludes halogenated alkanes) is 1. The van der Waals surface area contributed by atoms with Crippen LogP contribution in [-0.2, 0) is 21.2 Å². The van der Waals surface area contributed by atoms with Crippen LogP contribution >= 0.6 is 0 Å². The van der Waals surface area contributed by atoms with Crippen molar-refractivity contribution in [2.45, 2.75) is 38.0 Å². The van der Waals surface area contributed by atoms with E-state index in [4.69, 9.17) is 0 Å². The molecule has 0 radical (unpaired) electrons. The molecule has 2 N–H and O–H groups in total. The van der Waals surface area contributed by atoms with Crippen molar-refractivity contribution in [1.82, 2.24) is 10.2 Å². The maximum atomic E-state index is 12.9. The van der Waals surface area contributed by atoms with Gasteiger partial charge in [-0.05, 0) is 55.2 Å². The van der Waals surface area contributed by atoms with Crippen molar-refractivity contribution in [3.63, 3.8) is 0 Å². The number of anilines is 1. The highest BCUT2D eigenvalue weighted by molar-refractivity contribution is 7.92. The first kappa shape index (κ1) is 23.4. The fraction of sp³-hybridized carbons (Fsp3) is 0.364. The number of nitrogens with one attached hydrogen (secondary N) is 2. The largest absolute Gasteiger partial charge is 0.347 e. The summed E-state index contributed by atoms with van der Waals surface area (Å²) in [6.45, 7) is 3.63. The zero-order chi connectivity index (χ0) is 22.3. The molecule has 0 bridgehead atoms. The van der Waals surface area contributed by atoms with E-state index in [1.807, 2.05) is 12.1 Å². The van der Waals surface area contributed by atoms with Gasteiger partial charge in [-0.25, -0.2) is 8.42 Å². The van der Waals surface area contributed by atoms with Crippen LogP contribution in [0, 0.1) is 6.92 Å². The van der Waals surface area contributed by atoms with Crippen molar-refractivity contribution in [2.75, 3.05) is 25.4 Å². The molecule has 2 rings (SSSR count). The fourth-order valence-electron chi connectivity index (χ4n) is 2.78. The van der Waals surface area contributed by atoms with Crippen molar-refractivity contribution >= 4 is 27.5 Å². The minimum absolute atomic E-state index is 0.0177. The Morgan fingerprint density at radius 1 is 1.03 bits per heavy atom. The van der Waals surface area contributed by atoms with Crippen LogP contribution in [0.5, 0.6) is 0 Å². The summed E-state index contributed by atoms with van der Waals surface area (Å²) < 4.78 is 28.4. The van der Waals surface area contributed by atoms with E-state index in [0.717, 1.165) is 24.8 Å². The van der Waals surface area contributed by atoms with Crippen molar-refractivity contribution in [3.8, 4) is 0 Å². The highest BCUT2D eigenvalue weighted by Gasteiger charge is 2.20. The molecule has 0 aliphatic rings. The summed E-state index contributed by atoms with van der Waals surface area (Å²) in [5, 5.41) is 2.51. The number of hydrogen-bond acceptors (Lipinski definition) is 4. The Hall–Kier alpha value is -2.87. The lowest BCUT2D eigenvalue weighted by atomic mass is 10.1. The molecule has 0 aliphatic carbocycles. The second kappa shape index (κ2) is 10.2. The Bertz CT molecular complexity index is 1000. The molecule has 0 aromatic heterocycles. The second-order valence-corrected chi connectivity index (χ2v) is 9.01. The van der Waals surface area contributed by atoms with Gasteiger partial charge in [0.15, 0.2) is 0 Å². The van der Waals surface area contributed by atoms with E-state index in [-0.39, 0.29) is 22.9 Å². The van der Waals surface area contributed by atoms with Gasteiger partial charge < -0.3 is 10.2 Å². The van der Waals surface area contributed by atoms with Crippen LogP contribution in [-0.4, -0.2) is 45.8 Å². The molecule has 0 heterocycles. The molecule has 0 fully saturated rings. The summed E-state index contributed by atoms with van der Waals surface area (Å²) in [7, 11) is -0.699. The summed E-state index contributed by atoms with van der Waals surface area (Å²) in [6, 6.07) is 11.7. The molecular formula is C22H29N3O4S. The van der Waals surface area contributed by atoms with E-state index in [2.05, 4.69) is 17.0 Å². The summed E-state index contributed by atoms with van der Waals surface area (Å²) in [5.74, 6) is -0.769. The van der Waals surface area contributed by atoms with E-state index in [9.17, 15) is 18.0 Å². The quantitative estimate of drug-likeness (QED) is 0.638. The lowest BCUT2D eigenvalue weighted by Gasteiger charge is -2.13. The van der Waals surface area contributed by atoms with Crippen LogP contribution in [0.3, 0.4) is 0 Å². The van der Waals surface area contributed by atoms with E-state index in [1.54, 1.807) is 39.2 Å². The Labute approximate surface area is 178 Å². The first-order chi connectivity index (χ1) is 14.1. The fourth-order valence-corrected chi connectivity index (χ4v) is 4.11. The summed E-state index contributed by atoms with van der Waals surface area (Å²) >= 11 is 0. The van der Waals surface area contributed by atoms with Crippen LogP contribution in [0.2, 0.25) is 0 Å². The Balaban J connectivity index is 2.17. The number of aryl methyl sites for hydroxylation is 2. The lowest BCUT2D eigenvalue weighted by Crippen LogP contribution is -2.36. The zero-order valence-electron chi connectivity index (χ0n) is 17.9. The Morgan fingerprint density at radius 3 is 2.30 bits per heavy atom. The highest BCUT2D eigenvalue weighted by Crippen LogP contribution is 2.21. The Kier molecular flexibility index (Phi) is 8.00. The smallest absolute Gasteiger partial charge is 0.262 e. The number of hydrogen-bond donors (Lipinski definition) is 2. The molecule has 7 nitrogen and oxygen atoms in total. The van der Waals surface area contributed by atoms with Crippen LogP contribution in [0.15, 0.2) is 47.4 Å². The van der Waals surface area contributed by atoms with E-state index >= 15 is 0 Å². The van der Waals surface area contributed by atoms with Gasteiger partial charge in [0, 0.05) is 25.3 Å². The third-order valence-electron chi connectivity index (χ3n) is 4.66. The normalized spacial score (nSPS) is 11.1. The average molecular weight is 432 g/mol. The van der Waals surface area contributed by atoms with Gasteiger partial charge in [-0.2, -0.15) is 0 Å². The standard InChI is InChI=1S/C22H29N3O4S/c1-5-6-7-17-9-12-19(13-10-17)24-30(28,29)20-14-18(11-8-16(20)2)22(27)23-15-21(26)25(3)4/h8-14,24H,5-7,15H2,1-4H3,(H,23,27). The number of likely N-dealkylation sites (N-methyl/N-ethyl adjacent to an activating group) is 1. The molecule has 2 aromatic carbocycles. The third kappa shape index (κ3) is 6.32. The van der Waals surface area contributed by atoms with Crippen molar-refractivity contribution < 1.29 is 18.0 Å². The monoisotopic (exact) mass is 431 g/mol. The molecule has 0 spiro atoms. The SMILES string of the molecule is CCCCc1ccc(NS(=O)(=O)c2cc(C(=O)NCC(=O)N(C)C)ccc2C)cc1. The van der Waals surface area contributed by atoms with Gasteiger partial charge in [0.2, 0.25) is 5.91 Å². The van der Waals surface area contributed by atoms with E-state index in [1.165, 1.54) is 17.0 Å². The molecule has 0 aliphatic heterocycles. The second-order valence-electron chi connectivity index (χ2n) is 7.36. The number of rotatable bonds is 9. The van der Waals surface area contributed by atoms with Gasteiger partial charge in [-0.1, -0.05) is 31.5 Å². The molecule has 162 valence electrons. The highest BCUT2D eigenvalue weighted by atomic mass is 32.2. The first-order valence-electron chi connectivity index (χ1n) is 9.85. The zero-order valence-corrected chi connectivity index (χ0v) is 18.7. The van der Waals surface area contributed by atoms with Gasteiger partial charge in [-0.3, -0.25) is 14.3 Å². The van der Waals surface area contributed by atoms with Crippen LogP contribution < -0.4 is 10.0 Å². The van der Waals surface area contributed by atoms with Gasteiger partial charge in [0.25, 0.3) is 15.9 Å². The number of sulfonamides is 1. The Morgan fingerprint density at radius 2 is 1.70 bits per heavy atom. The minimum Gasteiger partial charge on any atom is -0.347 e. The number of nitrogens with zero attached hydrogens (tertiary/aromatic N) is 1. The summed E-state index contributed by atoms with van der Waals surface area (Å²) in [4.78, 5) is 25.4. The molecule has 0 saturated heterocycles. The van der Waals surface area contributed by atoms with Gasteiger partial charge in [0.1, 0.15) is 0 Å². The van der Waals surface area contributed by atoms with Gasteiger partial charge in [0.05, 0.1) is 11.4 Å². The van der Waals surface area contributed by atoms with Gasteiger partial charge in [-0.15, -0.1) is 0 Å². The molecule has 2 amide bonds. The van der Waals surface area contributed by atoms with Gasteiger partial charge >= 0.3 is 0 Å². The third-order valence-corrected chi connectivity index (χ3v) is 6.19. The number of amides is 2. The van der Waals surface area contributed by atoms with Crippen LogP contribution in [0.25, 0.3) is 0 Å². The molecular weight excluding hydrogens is 402 g/mol. The summed E-state index contributed by atoms with van der Waals surface area (Å²) in [6.07, 6.45) is 3.14. The molecule has 0 unspecified atom stereocenters. The minimum atomic E-state index is -3.88. The average Bonchev–Trinajstić information content (AvgIpc) is 2.71. The number of carbonyl (C=O) groups is 2. The molecule has 0 atom stereocenters. The summed E-state index contributed by atoms with van der Waals surface area (Å²) in [5.41, 5.74) is 2.30. The lowest BCUT2D eigenvalue weighted by molar-refractivity contribution is -0.127. The van der Waals surface area contributed by atoms with Crippen molar-refractivity contribution in [2.24, 2.45) is 0 Å². The molecule has 8 heteroatoms. The van der Waals surface area contributed by atoms with Crippen molar-refractivity contribution in [1.29, 1.82) is 0 Å². The maximum absolute atomic E-state index is 12.9. The molecule has 0 saturated carbocycles. The van der Waals surface area contributed by atoms with Crippen LogP contribution in [0.4, 0.5) is 5.69 Å². The predicted octanol–water partition coefficient (Wildman–Crippen LogP) is 2.96. The predicted molar refractivity (Wildman–Crippen MR) is 118 cm³/mol. The van der Waals surface area contributed by atoms with Crippen LogP contribution in [0.1, 0.15) is 41.3 Å². The maximum Gasteiger partial charge on any atom is 0.262 e. The van der Waals surface area contributed by atoms with E-state index < -0.39 is 15.9 Å². The number of benzene rings is 2. The van der Waals surface area contributed by atoms with Crippen molar-refractivity contribution in [3.05, 3.63) is 59.2 Å². The number of carbonyl (C=O) groups excluding carboxylic acids is 2. The molecule has 2 aromatic rings.